The van der Waals surface area contributed by atoms with Gasteiger partial charge in [0.15, 0.2) is 0 Å². The predicted octanol–water partition coefficient (Wildman–Crippen LogP) is 1.58. The lowest BCUT2D eigenvalue weighted by Crippen LogP contribution is -2.30. The van der Waals surface area contributed by atoms with Gasteiger partial charge in [0.1, 0.15) is 11.5 Å². The Kier molecular flexibility index (Phi) is 4.70. The minimum atomic E-state index is -0.470. The maximum atomic E-state index is 14.2. The average Bonchev–Trinajstić information content (AvgIpc) is 2.77. The molecule has 21 heavy (non-hydrogen) atoms. The summed E-state index contributed by atoms with van der Waals surface area (Å²) in [4.78, 5) is 11.9. The number of carbonyl (C=O) groups excluding carboxylic acids is 1. The monoisotopic (exact) mass is 290 g/mol. The zero-order valence-corrected chi connectivity index (χ0v) is 12.4. The first-order valence-electron chi connectivity index (χ1n) is 6.79. The van der Waals surface area contributed by atoms with Crippen LogP contribution in [0.4, 0.5) is 4.39 Å². The molecule has 0 aliphatic carbocycles. The topological polar surface area (TPSA) is 58.9 Å². The number of amides is 1. The number of nitrogens with zero attached hydrogens (tertiary/aromatic N) is 2. The molecule has 0 atom stereocenters. The molecule has 1 amide bonds. The first kappa shape index (κ1) is 15.2. The molecular formula is C15H19FN4O. The molecule has 1 heterocycles. The van der Waals surface area contributed by atoms with Crippen LogP contribution >= 0.6 is 0 Å². The van der Waals surface area contributed by atoms with Crippen molar-refractivity contribution in [1.82, 2.24) is 20.4 Å². The van der Waals surface area contributed by atoms with Gasteiger partial charge in [0.2, 0.25) is 0 Å². The SMILES string of the molecule is CNCCNC(=O)c1ccc(-n2nc(C)cc2C)c(F)c1. The third-order valence-electron chi connectivity index (χ3n) is 3.11. The Hall–Kier alpha value is -2.21. The van der Waals surface area contributed by atoms with Crippen molar-refractivity contribution in [3.63, 3.8) is 0 Å². The Morgan fingerprint density at radius 1 is 1.29 bits per heavy atom. The van der Waals surface area contributed by atoms with E-state index in [1.54, 1.807) is 19.2 Å². The van der Waals surface area contributed by atoms with Crippen molar-refractivity contribution in [2.45, 2.75) is 13.8 Å². The van der Waals surface area contributed by atoms with Crippen molar-refractivity contribution in [3.05, 3.63) is 47.0 Å². The fourth-order valence-electron chi connectivity index (χ4n) is 2.10. The molecule has 0 saturated carbocycles. The van der Waals surface area contributed by atoms with Crippen molar-refractivity contribution in [1.29, 1.82) is 0 Å². The maximum Gasteiger partial charge on any atom is 0.251 e. The van der Waals surface area contributed by atoms with E-state index in [-0.39, 0.29) is 5.91 Å². The number of hydrogen-bond donors (Lipinski definition) is 2. The highest BCUT2D eigenvalue weighted by Gasteiger charge is 2.12. The summed E-state index contributed by atoms with van der Waals surface area (Å²) in [5, 5.41) is 9.88. The van der Waals surface area contributed by atoms with Crippen molar-refractivity contribution in [2.24, 2.45) is 0 Å². The zero-order chi connectivity index (χ0) is 15.4. The second-order valence-corrected chi connectivity index (χ2v) is 4.86. The van der Waals surface area contributed by atoms with E-state index < -0.39 is 5.82 Å². The van der Waals surface area contributed by atoms with Crippen LogP contribution in [0.3, 0.4) is 0 Å². The summed E-state index contributed by atoms with van der Waals surface area (Å²) in [6, 6.07) is 6.28. The molecule has 6 heteroatoms. The molecule has 2 aromatic rings. The highest BCUT2D eigenvalue weighted by molar-refractivity contribution is 5.94. The second-order valence-electron chi connectivity index (χ2n) is 4.86. The lowest BCUT2D eigenvalue weighted by molar-refractivity contribution is 0.0953. The van der Waals surface area contributed by atoms with Gasteiger partial charge in [-0.3, -0.25) is 4.79 Å². The van der Waals surface area contributed by atoms with Gasteiger partial charge in [-0.15, -0.1) is 0 Å². The van der Waals surface area contributed by atoms with Crippen molar-refractivity contribution in [2.75, 3.05) is 20.1 Å². The third kappa shape index (κ3) is 3.46. The van der Waals surface area contributed by atoms with E-state index >= 15 is 0 Å². The molecule has 0 aliphatic rings. The molecule has 1 aromatic heterocycles. The average molecular weight is 290 g/mol. The standard InChI is InChI=1S/C15H19FN4O/c1-10-8-11(2)20(19-10)14-5-4-12(9-13(14)16)15(21)18-7-6-17-3/h4-5,8-9,17H,6-7H2,1-3H3,(H,18,21). The van der Waals surface area contributed by atoms with Gasteiger partial charge in [-0.1, -0.05) is 0 Å². The summed E-state index contributed by atoms with van der Waals surface area (Å²) in [7, 11) is 1.80. The fraction of sp³-hybridized carbons (Fsp3) is 0.333. The lowest BCUT2D eigenvalue weighted by Gasteiger charge is -2.09. The van der Waals surface area contributed by atoms with E-state index in [4.69, 9.17) is 0 Å². The first-order chi connectivity index (χ1) is 10.0. The minimum absolute atomic E-state index is 0.288. The minimum Gasteiger partial charge on any atom is -0.351 e. The van der Waals surface area contributed by atoms with Crippen LogP contribution in [-0.2, 0) is 0 Å². The Morgan fingerprint density at radius 2 is 2.05 bits per heavy atom. The van der Waals surface area contributed by atoms with Crippen molar-refractivity contribution >= 4 is 5.91 Å². The third-order valence-corrected chi connectivity index (χ3v) is 3.11. The zero-order valence-electron chi connectivity index (χ0n) is 12.4. The lowest BCUT2D eigenvalue weighted by atomic mass is 10.2. The quantitative estimate of drug-likeness (QED) is 0.822. The van der Waals surface area contributed by atoms with Gasteiger partial charge in [0.25, 0.3) is 5.91 Å². The molecule has 0 unspecified atom stereocenters. The largest absolute Gasteiger partial charge is 0.351 e. The van der Waals surface area contributed by atoms with E-state index in [0.29, 0.717) is 24.3 Å². The van der Waals surface area contributed by atoms with Crippen LogP contribution in [0.5, 0.6) is 0 Å². The Labute approximate surface area is 123 Å². The summed E-state index contributed by atoms with van der Waals surface area (Å²) < 4.78 is 15.8. The van der Waals surface area contributed by atoms with Gasteiger partial charge in [0.05, 0.1) is 5.69 Å². The Bertz CT molecular complexity index is 651. The van der Waals surface area contributed by atoms with Gasteiger partial charge >= 0.3 is 0 Å². The van der Waals surface area contributed by atoms with Crippen molar-refractivity contribution < 1.29 is 9.18 Å². The van der Waals surface area contributed by atoms with Gasteiger partial charge in [0, 0.05) is 24.3 Å². The van der Waals surface area contributed by atoms with E-state index in [0.717, 1.165) is 11.4 Å². The number of halogens is 1. The van der Waals surface area contributed by atoms with Gasteiger partial charge in [-0.05, 0) is 45.2 Å². The van der Waals surface area contributed by atoms with Gasteiger partial charge in [-0.25, -0.2) is 9.07 Å². The second kappa shape index (κ2) is 6.49. The first-order valence-corrected chi connectivity index (χ1v) is 6.79. The molecule has 0 bridgehead atoms. The summed E-state index contributed by atoms with van der Waals surface area (Å²) in [5.41, 5.74) is 2.31. The Morgan fingerprint density at radius 3 is 2.62 bits per heavy atom. The molecular weight excluding hydrogens is 271 g/mol. The molecule has 0 spiro atoms. The van der Waals surface area contributed by atoms with E-state index in [9.17, 15) is 9.18 Å². The number of aryl methyl sites for hydroxylation is 2. The number of rotatable bonds is 5. The van der Waals surface area contributed by atoms with Crippen molar-refractivity contribution in [3.8, 4) is 5.69 Å². The summed E-state index contributed by atoms with van der Waals surface area (Å²) in [6.45, 7) is 4.87. The van der Waals surface area contributed by atoms with E-state index in [2.05, 4.69) is 15.7 Å². The molecule has 2 rings (SSSR count). The molecule has 1 aromatic carbocycles. The van der Waals surface area contributed by atoms with Crippen LogP contribution in [0.1, 0.15) is 21.7 Å². The molecule has 0 fully saturated rings. The number of aromatic nitrogens is 2. The highest BCUT2D eigenvalue weighted by Crippen LogP contribution is 2.17. The number of nitrogens with one attached hydrogen (secondary N) is 2. The molecule has 0 radical (unpaired) electrons. The molecule has 5 nitrogen and oxygen atoms in total. The Balaban J connectivity index is 2.21. The number of benzene rings is 1. The normalized spacial score (nSPS) is 10.7. The molecule has 112 valence electrons. The maximum absolute atomic E-state index is 14.2. The van der Waals surface area contributed by atoms with E-state index in [1.807, 2.05) is 19.9 Å². The smallest absolute Gasteiger partial charge is 0.251 e. The molecule has 0 saturated heterocycles. The van der Waals surface area contributed by atoms with Crippen LogP contribution in [0, 0.1) is 19.7 Å². The fourth-order valence-corrected chi connectivity index (χ4v) is 2.10. The van der Waals surface area contributed by atoms with E-state index in [1.165, 1.54) is 10.7 Å². The summed E-state index contributed by atoms with van der Waals surface area (Å²) in [6.07, 6.45) is 0. The number of likely N-dealkylation sites (N-methyl/N-ethyl adjacent to an activating group) is 1. The predicted molar refractivity (Wildman–Crippen MR) is 79.3 cm³/mol. The number of hydrogen-bond acceptors (Lipinski definition) is 3. The highest BCUT2D eigenvalue weighted by atomic mass is 19.1. The molecule has 2 N–H and O–H groups in total. The van der Waals surface area contributed by atoms with Crippen LogP contribution in [0.25, 0.3) is 5.69 Å². The van der Waals surface area contributed by atoms with Crippen LogP contribution < -0.4 is 10.6 Å². The van der Waals surface area contributed by atoms with Crippen LogP contribution in [0.15, 0.2) is 24.3 Å². The van der Waals surface area contributed by atoms with Crippen LogP contribution in [-0.4, -0.2) is 35.8 Å². The van der Waals surface area contributed by atoms with Gasteiger partial charge < -0.3 is 10.6 Å². The van der Waals surface area contributed by atoms with Crippen LogP contribution in [0.2, 0.25) is 0 Å². The van der Waals surface area contributed by atoms with Gasteiger partial charge in [-0.2, -0.15) is 5.10 Å². The molecule has 0 aliphatic heterocycles. The summed E-state index contributed by atoms with van der Waals surface area (Å²) >= 11 is 0. The number of carbonyl (C=O) groups is 1. The summed E-state index contributed by atoms with van der Waals surface area (Å²) in [5.74, 6) is -0.758.